The first kappa shape index (κ1) is 13.9. The van der Waals surface area contributed by atoms with Gasteiger partial charge in [-0.3, -0.25) is 0 Å². The Balaban J connectivity index is 2.68. The van der Waals surface area contributed by atoms with E-state index in [1.165, 1.54) is 6.20 Å². The molecule has 6 heteroatoms. The summed E-state index contributed by atoms with van der Waals surface area (Å²) in [4.78, 5) is 4.20. The van der Waals surface area contributed by atoms with E-state index in [-0.39, 0.29) is 5.41 Å². The van der Waals surface area contributed by atoms with Crippen LogP contribution in [0.5, 0.6) is 0 Å². The van der Waals surface area contributed by atoms with Crippen molar-refractivity contribution in [3.05, 3.63) is 39.8 Å². The van der Waals surface area contributed by atoms with Crippen molar-refractivity contribution in [2.24, 2.45) is 0 Å². The number of aromatic nitrogens is 3. The van der Waals surface area contributed by atoms with Crippen LogP contribution < -0.4 is 0 Å². The van der Waals surface area contributed by atoms with Crippen LogP contribution in [0.25, 0.3) is 5.82 Å². The highest BCUT2D eigenvalue weighted by molar-refractivity contribution is 6.35. The second-order valence-corrected chi connectivity index (χ2v) is 5.99. The first-order chi connectivity index (χ1) is 8.82. The van der Waals surface area contributed by atoms with E-state index >= 15 is 0 Å². The summed E-state index contributed by atoms with van der Waals surface area (Å²) in [6.07, 6.45) is 1.50. The average molecular weight is 295 g/mol. The van der Waals surface area contributed by atoms with Crippen LogP contribution in [0.15, 0.2) is 18.3 Å². The quantitative estimate of drug-likeness (QED) is 0.805. The van der Waals surface area contributed by atoms with Gasteiger partial charge in [0.2, 0.25) is 0 Å². The molecule has 0 amide bonds. The fraction of sp³-hybridized carbons (Fsp3) is 0.308. The Bertz CT molecular complexity index is 662. The molecule has 0 fully saturated rings. The highest BCUT2D eigenvalue weighted by atomic mass is 35.5. The Morgan fingerprint density at radius 2 is 1.95 bits per heavy atom. The maximum Gasteiger partial charge on any atom is 0.172 e. The molecule has 0 spiro atoms. The molecule has 0 saturated heterocycles. The fourth-order valence-corrected chi connectivity index (χ4v) is 2.15. The summed E-state index contributed by atoms with van der Waals surface area (Å²) in [5.74, 6) is 0.470. The standard InChI is InChI=1S/C13H12Cl2N4/c1-13(2,3)11-5-9(6-16)18-19(11)12-10(15)4-8(14)7-17-12/h4-5,7H,1-3H3. The lowest BCUT2D eigenvalue weighted by molar-refractivity contribution is 0.541. The van der Waals surface area contributed by atoms with Gasteiger partial charge in [0.05, 0.1) is 15.7 Å². The van der Waals surface area contributed by atoms with Crippen LogP contribution in [0.4, 0.5) is 0 Å². The van der Waals surface area contributed by atoms with Gasteiger partial charge in [-0.1, -0.05) is 44.0 Å². The van der Waals surface area contributed by atoms with Crippen LogP contribution in [-0.4, -0.2) is 14.8 Å². The molecule has 2 aromatic heterocycles. The van der Waals surface area contributed by atoms with Crippen LogP contribution in [0.3, 0.4) is 0 Å². The van der Waals surface area contributed by atoms with E-state index in [0.29, 0.717) is 21.6 Å². The molecule has 2 heterocycles. The minimum atomic E-state index is -0.188. The first-order valence-corrected chi connectivity index (χ1v) is 6.40. The number of hydrogen-bond donors (Lipinski definition) is 0. The van der Waals surface area contributed by atoms with E-state index in [0.717, 1.165) is 5.69 Å². The monoisotopic (exact) mass is 294 g/mol. The number of pyridine rings is 1. The smallest absolute Gasteiger partial charge is 0.172 e. The first-order valence-electron chi connectivity index (χ1n) is 5.65. The topological polar surface area (TPSA) is 54.5 Å². The molecule has 0 atom stereocenters. The molecule has 0 aliphatic heterocycles. The summed E-state index contributed by atoms with van der Waals surface area (Å²) in [6.45, 7) is 6.10. The lowest BCUT2D eigenvalue weighted by atomic mass is 9.92. The zero-order chi connectivity index (χ0) is 14.2. The molecule has 0 bridgehead atoms. The van der Waals surface area contributed by atoms with Crippen molar-refractivity contribution in [1.82, 2.24) is 14.8 Å². The third kappa shape index (κ3) is 2.73. The van der Waals surface area contributed by atoms with Crippen molar-refractivity contribution in [1.29, 1.82) is 5.26 Å². The van der Waals surface area contributed by atoms with Gasteiger partial charge in [-0.25, -0.2) is 9.67 Å². The molecule has 0 aliphatic carbocycles. The number of nitriles is 1. The summed E-state index contributed by atoms with van der Waals surface area (Å²) in [6, 6.07) is 5.38. The van der Waals surface area contributed by atoms with Crippen molar-refractivity contribution in [2.45, 2.75) is 26.2 Å². The minimum Gasteiger partial charge on any atom is -0.234 e. The Labute approximate surface area is 121 Å². The molecule has 0 aliphatic rings. The van der Waals surface area contributed by atoms with Crippen LogP contribution in [0, 0.1) is 11.3 Å². The maximum atomic E-state index is 9.00. The molecule has 0 radical (unpaired) electrons. The third-order valence-corrected chi connectivity index (χ3v) is 3.07. The largest absolute Gasteiger partial charge is 0.234 e. The molecule has 19 heavy (non-hydrogen) atoms. The van der Waals surface area contributed by atoms with Gasteiger partial charge in [-0.05, 0) is 12.1 Å². The number of nitrogens with zero attached hydrogens (tertiary/aromatic N) is 4. The van der Waals surface area contributed by atoms with Gasteiger partial charge < -0.3 is 0 Å². The van der Waals surface area contributed by atoms with Crippen LogP contribution in [-0.2, 0) is 5.41 Å². The predicted molar refractivity (Wildman–Crippen MR) is 74.8 cm³/mol. The maximum absolute atomic E-state index is 9.00. The molecular formula is C13H12Cl2N4. The summed E-state index contributed by atoms with van der Waals surface area (Å²) < 4.78 is 1.59. The number of halogens is 2. The van der Waals surface area contributed by atoms with E-state index in [4.69, 9.17) is 28.5 Å². The number of rotatable bonds is 1. The Morgan fingerprint density at radius 3 is 2.47 bits per heavy atom. The Hall–Kier alpha value is -1.57. The third-order valence-electron chi connectivity index (χ3n) is 2.58. The van der Waals surface area contributed by atoms with Crippen LogP contribution in [0.2, 0.25) is 10.0 Å². The van der Waals surface area contributed by atoms with Gasteiger partial charge in [0.25, 0.3) is 0 Å². The van der Waals surface area contributed by atoms with Crippen molar-refractivity contribution < 1.29 is 0 Å². The van der Waals surface area contributed by atoms with Crippen molar-refractivity contribution in [3.63, 3.8) is 0 Å². The average Bonchev–Trinajstić information content (AvgIpc) is 2.72. The molecule has 0 saturated carbocycles. The van der Waals surface area contributed by atoms with E-state index < -0.39 is 0 Å². The lowest BCUT2D eigenvalue weighted by Crippen LogP contribution is -2.18. The summed E-state index contributed by atoms with van der Waals surface area (Å²) in [7, 11) is 0. The zero-order valence-electron chi connectivity index (χ0n) is 10.8. The molecule has 98 valence electrons. The summed E-state index contributed by atoms with van der Waals surface area (Å²) >= 11 is 12.0. The number of hydrogen-bond acceptors (Lipinski definition) is 3. The van der Waals surface area contributed by atoms with Gasteiger partial charge in [0.1, 0.15) is 6.07 Å². The van der Waals surface area contributed by atoms with E-state index in [9.17, 15) is 0 Å². The predicted octanol–water partition coefficient (Wildman–Crippen LogP) is 3.74. The fourth-order valence-electron chi connectivity index (χ4n) is 1.69. The minimum absolute atomic E-state index is 0.188. The summed E-state index contributed by atoms with van der Waals surface area (Å²) in [5, 5.41) is 14.1. The van der Waals surface area contributed by atoms with Gasteiger partial charge in [-0.2, -0.15) is 10.4 Å². The van der Waals surface area contributed by atoms with Crippen LogP contribution >= 0.6 is 23.2 Å². The molecular weight excluding hydrogens is 283 g/mol. The van der Waals surface area contributed by atoms with Crippen molar-refractivity contribution in [3.8, 4) is 11.9 Å². The SMILES string of the molecule is CC(C)(C)c1cc(C#N)nn1-c1ncc(Cl)cc1Cl. The highest BCUT2D eigenvalue weighted by Crippen LogP contribution is 2.28. The zero-order valence-corrected chi connectivity index (χ0v) is 12.3. The Morgan fingerprint density at radius 1 is 1.26 bits per heavy atom. The highest BCUT2D eigenvalue weighted by Gasteiger charge is 2.23. The Kier molecular flexibility index (Phi) is 3.53. The lowest BCUT2D eigenvalue weighted by Gasteiger charge is -2.20. The molecule has 2 rings (SSSR count). The van der Waals surface area contributed by atoms with Gasteiger partial charge in [-0.15, -0.1) is 0 Å². The second-order valence-electron chi connectivity index (χ2n) is 5.15. The van der Waals surface area contributed by atoms with Crippen molar-refractivity contribution in [2.75, 3.05) is 0 Å². The van der Waals surface area contributed by atoms with Crippen LogP contribution in [0.1, 0.15) is 32.2 Å². The summed E-state index contributed by atoms with van der Waals surface area (Å²) in [5.41, 5.74) is 1.01. The molecule has 0 aromatic carbocycles. The molecule has 0 N–H and O–H groups in total. The van der Waals surface area contributed by atoms with Gasteiger partial charge >= 0.3 is 0 Å². The second kappa shape index (κ2) is 4.84. The van der Waals surface area contributed by atoms with E-state index in [1.54, 1.807) is 16.8 Å². The van der Waals surface area contributed by atoms with E-state index in [2.05, 4.69) is 10.1 Å². The normalized spacial score (nSPS) is 11.4. The molecule has 2 aromatic rings. The van der Waals surface area contributed by atoms with Gasteiger partial charge in [0, 0.05) is 11.6 Å². The van der Waals surface area contributed by atoms with E-state index in [1.807, 2.05) is 26.8 Å². The molecule has 4 nitrogen and oxygen atoms in total. The van der Waals surface area contributed by atoms with Gasteiger partial charge in [0.15, 0.2) is 11.5 Å². The van der Waals surface area contributed by atoms with Crippen molar-refractivity contribution >= 4 is 23.2 Å². The molecule has 0 unspecified atom stereocenters.